The fourth-order valence-corrected chi connectivity index (χ4v) is 2.77. The van der Waals surface area contributed by atoms with Crippen LogP contribution in [-0.2, 0) is 18.1 Å². The first-order valence-corrected chi connectivity index (χ1v) is 7.82. The zero-order chi connectivity index (χ0) is 14.8. The quantitative estimate of drug-likeness (QED) is 0.731. The lowest BCUT2D eigenvalue weighted by Gasteiger charge is -2.23. The number of thiazole rings is 1. The molecule has 0 radical (unpaired) electrons. The summed E-state index contributed by atoms with van der Waals surface area (Å²) in [6.45, 7) is 0.347. The third-order valence-electron chi connectivity index (χ3n) is 2.81. The standard InChI is InChI=1S/C13H12BrF3N2S/c1-19(6-10-7-20-8-18-10)12-3-2-9(5-14)4-11(12)13(15,16)17/h2-4,7-8H,5-6H2,1H3. The number of rotatable bonds is 4. The summed E-state index contributed by atoms with van der Waals surface area (Å²) in [6, 6.07) is 4.38. The van der Waals surface area contributed by atoms with Gasteiger partial charge in [-0.15, -0.1) is 11.3 Å². The molecule has 0 saturated heterocycles. The SMILES string of the molecule is CN(Cc1cscn1)c1ccc(CBr)cc1C(F)(F)F. The van der Waals surface area contributed by atoms with E-state index in [1.807, 2.05) is 5.38 Å². The van der Waals surface area contributed by atoms with E-state index in [-0.39, 0.29) is 5.69 Å². The summed E-state index contributed by atoms with van der Waals surface area (Å²) in [4.78, 5) is 5.66. The molecule has 0 aliphatic rings. The molecule has 2 nitrogen and oxygen atoms in total. The van der Waals surface area contributed by atoms with Crippen LogP contribution in [0.2, 0.25) is 0 Å². The molecule has 2 rings (SSSR count). The predicted molar refractivity (Wildman–Crippen MR) is 78.3 cm³/mol. The maximum Gasteiger partial charge on any atom is 0.418 e. The smallest absolute Gasteiger partial charge is 0.368 e. The number of halogens is 4. The van der Waals surface area contributed by atoms with Crippen molar-refractivity contribution in [1.29, 1.82) is 0 Å². The van der Waals surface area contributed by atoms with Gasteiger partial charge in [-0.05, 0) is 17.7 Å². The molecule has 1 aromatic carbocycles. The van der Waals surface area contributed by atoms with Gasteiger partial charge in [-0.1, -0.05) is 22.0 Å². The third kappa shape index (κ3) is 3.52. The fourth-order valence-electron chi connectivity index (χ4n) is 1.87. The Hall–Kier alpha value is -1.08. The summed E-state index contributed by atoms with van der Waals surface area (Å²) < 4.78 is 39.4. The number of aromatic nitrogens is 1. The lowest BCUT2D eigenvalue weighted by atomic mass is 10.1. The van der Waals surface area contributed by atoms with E-state index in [0.717, 1.165) is 5.69 Å². The van der Waals surface area contributed by atoms with Gasteiger partial charge in [-0.2, -0.15) is 13.2 Å². The van der Waals surface area contributed by atoms with Crippen molar-refractivity contribution in [1.82, 2.24) is 4.98 Å². The van der Waals surface area contributed by atoms with Gasteiger partial charge in [0, 0.05) is 23.4 Å². The number of nitrogens with zero attached hydrogens (tertiary/aromatic N) is 2. The second-order valence-electron chi connectivity index (χ2n) is 4.32. The summed E-state index contributed by atoms with van der Waals surface area (Å²) in [7, 11) is 1.64. The first-order valence-electron chi connectivity index (χ1n) is 5.76. The van der Waals surface area contributed by atoms with E-state index in [1.165, 1.54) is 23.5 Å². The second kappa shape index (κ2) is 6.13. The zero-order valence-electron chi connectivity index (χ0n) is 10.6. The highest BCUT2D eigenvalue weighted by molar-refractivity contribution is 9.08. The lowest BCUT2D eigenvalue weighted by molar-refractivity contribution is -0.137. The molecule has 0 aliphatic heterocycles. The normalized spacial score (nSPS) is 11.7. The van der Waals surface area contributed by atoms with E-state index in [9.17, 15) is 13.2 Å². The highest BCUT2D eigenvalue weighted by Gasteiger charge is 2.34. The first-order chi connectivity index (χ1) is 9.41. The summed E-state index contributed by atoms with van der Waals surface area (Å²) >= 11 is 4.61. The van der Waals surface area contributed by atoms with E-state index in [0.29, 0.717) is 17.4 Å². The van der Waals surface area contributed by atoms with E-state index >= 15 is 0 Å². The van der Waals surface area contributed by atoms with Crippen molar-refractivity contribution < 1.29 is 13.2 Å². The van der Waals surface area contributed by atoms with Crippen LogP contribution in [0.15, 0.2) is 29.1 Å². The molecule has 2 aromatic rings. The van der Waals surface area contributed by atoms with E-state index in [2.05, 4.69) is 20.9 Å². The van der Waals surface area contributed by atoms with Crippen LogP contribution >= 0.6 is 27.3 Å². The molecule has 0 unspecified atom stereocenters. The second-order valence-corrected chi connectivity index (χ2v) is 5.60. The monoisotopic (exact) mass is 364 g/mol. The number of hydrogen-bond acceptors (Lipinski definition) is 3. The van der Waals surface area contributed by atoms with Crippen LogP contribution in [0.5, 0.6) is 0 Å². The van der Waals surface area contributed by atoms with Crippen molar-refractivity contribution in [3.05, 3.63) is 45.9 Å². The van der Waals surface area contributed by atoms with Crippen molar-refractivity contribution >= 4 is 33.0 Å². The average Bonchev–Trinajstić information content (AvgIpc) is 2.89. The highest BCUT2D eigenvalue weighted by atomic mass is 79.9. The minimum atomic E-state index is -4.37. The maximum atomic E-state index is 13.1. The van der Waals surface area contributed by atoms with Gasteiger partial charge in [-0.3, -0.25) is 0 Å². The average molecular weight is 365 g/mol. The number of benzene rings is 1. The Bertz CT molecular complexity index is 569. The van der Waals surface area contributed by atoms with Gasteiger partial charge in [0.2, 0.25) is 0 Å². The molecule has 0 fully saturated rings. The van der Waals surface area contributed by atoms with E-state index in [1.54, 1.807) is 23.5 Å². The number of hydrogen-bond donors (Lipinski definition) is 0. The van der Waals surface area contributed by atoms with Gasteiger partial charge in [0.25, 0.3) is 0 Å². The van der Waals surface area contributed by atoms with Crippen LogP contribution in [0.1, 0.15) is 16.8 Å². The summed E-state index contributed by atoms with van der Waals surface area (Å²) in [5.74, 6) is 0. The molecule has 0 atom stereocenters. The van der Waals surface area contributed by atoms with Gasteiger partial charge < -0.3 is 4.90 Å². The van der Waals surface area contributed by atoms with Gasteiger partial charge in [0.15, 0.2) is 0 Å². The molecule has 0 saturated carbocycles. The summed E-state index contributed by atoms with van der Waals surface area (Å²) in [5, 5.41) is 2.22. The van der Waals surface area contributed by atoms with Crippen molar-refractivity contribution in [2.75, 3.05) is 11.9 Å². The Morgan fingerprint density at radius 1 is 1.35 bits per heavy atom. The number of alkyl halides is 4. The molecule has 7 heteroatoms. The van der Waals surface area contributed by atoms with Crippen LogP contribution < -0.4 is 4.90 Å². The number of anilines is 1. The minimum absolute atomic E-state index is 0.162. The molecular weight excluding hydrogens is 353 g/mol. The van der Waals surface area contributed by atoms with Crippen molar-refractivity contribution in [2.45, 2.75) is 18.1 Å². The largest absolute Gasteiger partial charge is 0.418 e. The van der Waals surface area contributed by atoms with Crippen molar-refractivity contribution in [2.24, 2.45) is 0 Å². The molecule has 0 N–H and O–H groups in total. The molecule has 1 aromatic heterocycles. The summed E-state index contributed by atoms with van der Waals surface area (Å²) in [5.41, 5.74) is 2.57. The zero-order valence-corrected chi connectivity index (χ0v) is 13.0. The Kier molecular flexibility index (Phi) is 4.70. The topological polar surface area (TPSA) is 16.1 Å². The molecular formula is C13H12BrF3N2S. The maximum absolute atomic E-state index is 13.1. The Morgan fingerprint density at radius 2 is 2.10 bits per heavy atom. The molecule has 0 spiro atoms. The van der Waals surface area contributed by atoms with Crippen molar-refractivity contribution in [3.8, 4) is 0 Å². The summed E-state index contributed by atoms with van der Waals surface area (Å²) in [6.07, 6.45) is -4.37. The van der Waals surface area contributed by atoms with E-state index < -0.39 is 11.7 Å². The van der Waals surface area contributed by atoms with Gasteiger partial charge in [0.1, 0.15) is 0 Å². The van der Waals surface area contributed by atoms with Gasteiger partial charge in [-0.25, -0.2) is 4.98 Å². The predicted octanol–water partition coefficient (Wildman–Crippen LogP) is 4.69. The van der Waals surface area contributed by atoms with Gasteiger partial charge in [0.05, 0.1) is 23.3 Å². The molecule has 0 bridgehead atoms. The van der Waals surface area contributed by atoms with Crippen LogP contribution in [0, 0.1) is 0 Å². The molecule has 0 amide bonds. The van der Waals surface area contributed by atoms with Crippen LogP contribution in [0.25, 0.3) is 0 Å². The Balaban J connectivity index is 2.34. The molecule has 1 heterocycles. The first kappa shape index (κ1) is 15.3. The van der Waals surface area contributed by atoms with Crippen LogP contribution in [0.3, 0.4) is 0 Å². The molecule has 108 valence electrons. The van der Waals surface area contributed by atoms with E-state index in [4.69, 9.17) is 0 Å². The van der Waals surface area contributed by atoms with Crippen molar-refractivity contribution in [3.63, 3.8) is 0 Å². The fraction of sp³-hybridized carbons (Fsp3) is 0.308. The highest BCUT2D eigenvalue weighted by Crippen LogP contribution is 2.37. The van der Waals surface area contributed by atoms with Gasteiger partial charge >= 0.3 is 6.18 Å². The Morgan fingerprint density at radius 3 is 2.65 bits per heavy atom. The van der Waals surface area contributed by atoms with Crippen LogP contribution in [0.4, 0.5) is 18.9 Å². The lowest BCUT2D eigenvalue weighted by Crippen LogP contribution is -2.21. The third-order valence-corrected chi connectivity index (χ3v) is 4.10. The molecule has 0 aliphatic carbocycles. The molecule has 20 heavy (non-hydrogen) atoms. The van der Waals surface area contributed by atoms with Crippen LogP contribution in [-0.4, -0.2) is 12.0 Å². The minimum Gasteiger partial charge on any atom is -0.368 e. The Labute approximate surface area is 127 Å².